The van der Waals surface area contributed by atoms with Crippen LogP contribution in [0.4, 0.5) is 0 Å². The number of halogens is 1. The first-order chi connectivity index (χ1) is 8.10. The van der Waals surface area contributed by atoms with Gasteiger partial charge in [-0.2, -0.15) is 0 Å². The molecule has 0 saturated heterocycles. The molecule has 0 heterocycles. The van der Waals surface area contributed by atoms with Gasteiger partial charge < -0.3 is 10.1 Å². The lowest BCUT2D eigenvalue weighted by molar-refractivity contribution is 0.0858. The quantitative estimate of drug-likeness (QED) is 0.917. The molecule has 94 valence electrons. The van der Waals surface area contributed by atoms with Gasteiger partial charge in [-0.05, 0) is 56.5 Å². The van der Waals surface area contributed by atoms with Gasteiger partial charge in [0.25, 0.3) is 0 Å². The molecule has 0 unspecified atom stereocenters. The van der Waals surface area contributed by atoms with Crippen LogP contribution in [0, 0.1) is 13.8 Å². The van der Waals surface area contributed by atoms with Crippen LogP contribution in [0.25, 0.3) is 0 Å². The Labute approximate surface area is 112 Å². The highest BCUT2D eigenvalue weighted by Crippen LogP contribution is 2.30. The van der Waals surface area contributed by atoms with Crippen LogP contribution in [0.5, 0.6) is 5.75 Å². The normalized spacial score (nSPS) is 23.3. The second kappa shape index (κ2) is 5.40. The number of benzene rings is 1. The molecular formula is C14H20BrNO. The molecule has 1 N–H and O–H groups in total. The average molecular weight is 298 g/mol. The zero-order chi connectivity index (χ0) is 12.4. The number of hydrogen-bond acceptors (Lipinski definition) is 2. The molecule has 17 heavy (non-hydrogen) atoms. The smallest absolute Gasteiger partial charge is 0.120 e. The highest BCUT2D eigenvalue weighted by Gasteiger charge is 2.30. The largest absolute Gasteiger partial charge is 0.490 e. The molecule has 0 aliphatic heterocycles. The van der Waals surface area contributed by atoms with E-state index in [9.17, 15) is 0 Å². The molecule has 1 aliphatic carbocycles. The lowest BCUT2D eigenvalue weighted by Gasteiger charge is -2.36. The van der Waals surface area contributed by atoms with E-state index in [1.165, 1.54) is 15.6 Å². The summed E-state index contributed by atoms with van der Waals surface area (Å²) in [6, 6.07) is 4.87. The van der Waals surface area contributed by atoms with E-state index >= 15 is 0 Å². The summed E-state index contributed by atoms with van der Waals surface area (Å²) in [5.41, 5.74) is 2.48. The van der Waals surface area contributed by atoms with E-state index in [-0.39, 0.29) is 0 Å². The van der Waals surface area contributed by atoms with Gasteiger partial charge in [0.15, 0.2) is 0 Å². The van der Waals surface area contributed by atoms with Crippen LogP contribution >= 0.6 is 15.9 Å². The maximum atomic E-state index is 5.98. The van der Waals surface area contributed by atoms with Crippen molar-refractivity contribution in [1.82, 2.24) is 5.32 Å². The molecule has 0 radical (unpaired) electrons. The summed E-state index contributed by atoms with van der Waals surface area (Å²) in [5.74, 6) is 1.00. The van der Waals surface area contributed by atoms with Gasteiger partial charge >= 0.3 is 0 Å². The van der Waals surface area contributed by atoms with Crippen molar-refractivity contribution in [2.45, 2.75) is 45.8 Å². The lowest BCUT2D eigenvalue weighted by Crippen LogP contribution is -2.46. The minimum Gasteiger partial charge on any atom is -0.490 e. The van der Waals surface area contributed by atoms with Crippen LogP contribution in [-0.2, 0) is 0 Å². The van der Waals surface area contributed by atoms with Crippen molar-refractivity contribution in [3.8, 4) is 5.75 Å². The van der Waals surface area contributed by atoms with Crippen LogP contribution in [0.2, 0.25) is 0 Å². The van der Waals surface area contributed by atoms with Gasteiger partial charge in [0, 0.05) is 10.5 Å². The van der Waals surface area contributed by atoms with E-state index in [2.05, 4.69) is 54.2 Å². The molecule has 1 aromatic rings. The molecular weight excluding hydrogens is 278 g/mol. The summed E-state index contributed by atoms with van der Waals surface area (Å²) in [6.45, 7) is 7.40. The summed E-state index contributed by atoms with van der Waals surface area (Å²) >= 11 is 3.58. The predicted octanol–water partition coefficient (Wildman–Crippen LogP) is 3.59. The number of rotatable bonds is 4. The first-order valence-corrected chi connectivity index (χ1v) is 7.06. The molecule has 2 nitrogen and oxygen atoms in total. The van der Waals surface area contributed by atoms with E-state index in [0.717, 1.165) is 25.1 Å². The Morgan fingerprint density at radius 1 is 1.29 bits per heavy atom. The summed E-state index contributed by atoms with van der Waals surface area (Å²) in [6.07, 6.45) is 2.64. The second-order valence-electron chi connectivity index (χ2n) is 4.84. The number of nitrogens with one attached hydrogen (secondary N) is 1. The maximum Gasteiger partial charge on any atom is 0.120 e. The first-order valence-electron chi connectivity index (χ1n) is 6.27. The summed E-state index contributed by atoms with van der Waals surface area (Å²) < 4.78 is 7.17. The Morgan fingerprint density at radius 2 is 1.88 bits per heavy atom. The van der Waals surface area contributed by atoms with Crippen LogP contribution in [0.1, 0.15) is 30.9 Å². The third-order valence-corrected chi connectivity index (χ3v) is 4.55. The van der Waals surface area contributed by atoms with E-state index in [1.54, 1.807) is 0 Å². The molecule has 2 rings (SSSR count). The Balaban J connectivity index is 1.92. The fourth-order valence-electron chi connectivity index (χ4n) is 2.28. The third-order valence-electron chi connectivity index (χ3n) is 3.30. The van der Waals surface area contributed by atoms with Gasteiger partial charge in [-0.1, -0.05) is 22.9 Å². The molecule has 3 heteroatoms. The van der Waals surface area contributed by atoms with Gasteiger partial charge in [-0.3, -0.25) is 0 Å². The molecule has 1 saturated carbocycles. The minimum atomic E-state index is 0.388. The average Bonchev–Trinajstić information content (AvgIpc) is 2.23. The third kappa shape index (κ3) is 3.02. The SMILES string of the molecule is CCNC1CC(Oc2cc(C)c(Br)c(C)c2)C1. The summed E-state index contributed by atoms with van der Waals surface area (Å²) in [5, 5.41) is 3.44. The summed E-state index contributed by atoms with van der Waals surface area (Å²) in [4.78, 5) is 0. The van der Waals surface area contributed by atoms with Gasteiger partial charge in [0.1, 0.15) is 11.9 Å². The zero-order valence-corrected chi connectivity index (χ0v) is 12.3. The minimum absolute atomic E-state index is 0.388. The van der Waals surface area contributed by atoms with E-state index < -0.39 is 0 Å². The fraction of sp³-hybridized carbons (Fsp3) is 0.571. The van der Waals surface area contributed by atoms with Crippen LogP contribution < -0.4 is 10.1 Å². The van der Waals surface area contributed by atoms with Crippen molar-refractivity contribution in [3.63, 3.8) is 0 Å². The van der Waals surface area contributed by atoms with Gasteiger partial charge in [0.05, 0.1) is 0 Å². The van der Waals surface area contributed by atoms with Gasteiger partial charge in [-0.15, -0.1) is 0 Å². The van der Waals surface area contributed by atoms with Crippen molar-refractivity contribution < 1.29 is 4.74 Å². The lowest BCUT2D eigenvalue weighted by atomic mass is 9.89. The van der Waals surface area contributed by atoms with Crippen molar-refractivity contribution in [3.05, 3.63) is 27.7 Å². The van der Waals surface area contributed by atoms with Crippen molar-refractivity contribution in [1.29, 1.82) is 0 Å². The monoisotopic (exact) mass is 297 g/mol. The molecule has 1 aromatic carbocycles. The van der Waals surface area contributed by atoms with Crippen LogP contribution in [0.3, 0.4) is 0 Å². The van der Waals surface area contributed by atoms with Gasteiger partial charge in [0.2, 0.25) is 0 Å². The standard InChI is InChI=1S/C14H20BrNO/c1-4-16-11-7-13(8-11)17-12-5-9(2)14(15)10(3)6-12/h5-6,11,13,16H,4,7-8H2,1-3H3. The van der Waals surface area contributed by atoms with Crippen LogP contribution in [-0.4, -0.2) is 18.7 Å². The van der Waals surface area contributed by atoms with E-state index in [4.69, 9.17) is 4.74 Å². The fourth-order valence-corrected chi connectivity index (χ4v) is 2.51. The number of aryl methyl sites for hydroxylation is 2. The Morgan fingerprint density at radius 3 is 2.41 bits per heavy atom. The molecule has 0 amide bonds. The molecule has 0 aromatic heterocycles. The molecule has 1 aliphatic rings. The molecule has 0 atom stereocenters. The molecule has 1 fully saturated rings. The van der Waals surface area contributed by atoms with Crippen molar-refractivity contribution in [2.75, 3.05) is 6.54 Å². The van der Waals surface area contributed by atoms with Crippen molar-refractivity contribution in [2.24, 2.45) is 0 Å². The summed E-state index contributed by atoms with van der Waals surface area (Å²) in [7, 11) is 0. The zero-order valence-electron chi connectivity index (χ0n) is 10.7. The van der Waals surface area contributed by atoms with Crippen molar-refractivity contribution >= 4 is 15.9 Å². The predicted molar refractivity (Wildman–Crippen MR) is 74.7 cm³/mol. The number of hydrogen-bond donors (Lipinski definition) is 1. The topological polar surface area (TPSA) is 21.3 Å². The Hall–Kier alpha value is -0.540. The maximum absolute atomic E-state index is 5.98. The first kappa shape index (κ1) is 12.9. The second-order valence-corrected chi connectivity index (χ2v) is 5.63. The van der Waals surface area contributed by atoms with Crippen LogP contribution in [0.15, 0.2) is 16.6 Å². The highest BCUT2D eigenvalue weighted by molar-refractivity contribution is 9.10. The van der Waals surface area contributed by atoms with E-state index in [0.29, 0.717) is 12.1 Å². The molecule has 0 spiro atoms. The molecule has 0 bridgehead atoms. The van der Waals surface area contributed by atoms with E-state index in [1.807, 2.05) is 0 Å². The Bertz CT molecular complexity index is 376. The number of ether oxygens (including phenoxy) is 1. The van der Waals surface area contributed by atoms with Gasteiger partial charge in [-0.25, -0.2) is 0 Å². The highest BCUT2D eigenvalue weighted by atomic mass is 79.9. The Kier molecular flexibility index (Phi) is 4.10.